The molecule has 3 heteroatoms. The molecule has 2 rings (SSSR count). The summed E-state index contributed by atoms with van der Waals surface area (Å²) in [4.78, 5) is 11.4. The normalized spacial score (nSPS) is 21.1. The maximum Gasteiger partial charge on any atom is 0.307 e. The van der Waals surface area contributed by atoms with Crippen molar-refractivity contribution < 1.29 is 9.53 Å². The van der Waals surface area contributed by atoms with E-state index in [4.69, 9.17) is 4.74 Å². The minimum Gasteiger partial charge on any atom is -0.431 e. The first-order valence-corrected chi connectivity index (χ1v) is 11.9. The second-order valence-corrected chi connectivity index (χ2v) is 12.0. The summed E-state index contributed by atoms with van der Waals surface area (Å²) in [6.07, 6.45) is 5.45. The maximum absolute atomic E-state index is 11.4. The van der Waals surface area contributed by atoms with Crippen molar-refractivity contribution in [2.45, 2.75) is 71.0 Å². The molecule has 1 aliphatic rings. The van der Waals surface area contributed by atoms with Crippen molar-refractivity contribution in [3.8, 4) is 0 Å². The predicted octanol–water partition coefficient (Wildman–Crippen LogP) is 5.16. The number of carbonyl (C=O) groups excluding carboxylic acids is 1. The fourth-order valence-electron chi connectivity index (χ4n) is 4.26. The zero-order chi connectivity index (χ0) is 17.1. The van der Waals surface area contributed by atoms with Gasteiger partial charge in [0.05, 0.1) is 8.07 Å². The molecule has 0 saturated carbocycles. The molecule has 0 N–H and O–H groups in total. The highest BCUT2D eigenvalue weighted by atomic mass is 28.3. The summed E-state index contributed by atoms with van der Waals surface area (Å²) in [5.74, 6) is 0.780. The van der Waals surface area contributed by atoms with E-state index < -0.39 is 8.07 Å². The van der Waals surface area contributed by atoms with Gasteiger partial charge in [0.2, 0.25) is 0 Å². The van der Waals surface area contributed by atoms with Crippen LogP contribution in [0.5, 0.6) is 0 Å². The SMILES string of the molecule is CCCC1=C(OC(C)=O)CC1(CCC)[Si](C)(C)c1ccccc1. The summed E-state index contributed by atoms with van der Waals surface area (Å²) in [6, 6.07) is 11.0. The van der Waals surface area contributed by atoms with Crippen molar-refractivity contribution in [1.82, 2.24) is 0 Å². The van der Waals surface area contributed by atoms with Crippen LogP contribution in [0.4, 0.5) is 0 Å². The molecule has 0 aliphatic heterocycles. The lowest BCUT2D eigenvalue weighted by Gasteiger charge is -2.54. The number of esters is 1. The number of carbonyl (C=O) groups is 1. The van der Waals surface area contributed by atoms with Crippen LogP contribution in [0.3, 0.4) is 0 Å². The molecule has 126 valence electrons. The molecule has 0 radical (unpaired) electrons. The summed E-state index contributed by atoms with van der Waals surface area (Å²) in [5.41, 5.74) is 1.43. The predicted molar refractivity (Wildman–Crippen MR) is 99.5 cm³/mol. The summed E-state index contributed by atoms with van der Waals surface area (Å²) in [6.45, 7) is 11.0. The van der Waals surface area contributed by atoms with Crippen molar-refractivity contribution in [2.75, 3.05) is 0 Å². The van der Waals surface area contributed by atoms with E-state index in [9.17, 15) is 4.79 Å². The number of hydrogen-bond donors (Lipinski definition) is 0. The molecule has 1 aromatic rings. The molecule has 0 spiro atoms. The Labute approximate surface area is 142 Å². The van der Waals surface area contributed by atoms with Crippen molar-refractivity contribution in [3.05, 3.63) is 41.7 Å². The first-order chi connectivity index (χ1) is 10.9. The van der Waals surface area contributed by atoms with E-state index in [2.05, 4.69) is 57.3 Å². The van der Waals surface area contributed by atoms with E-state index >= 15 is 0 Å². The minimum absolute atomic E-state index is 0.183. The van der Waals surface area contributed by atoms with Crippen LogP contribution >= 0.6 is 0 Å². The summed E-state index contributed by atoms with van der Waals surface area (Å²) in [7, 11) is -1.71. The Balaban J connectivity index is 2.48. The molecule has 0 heterocycles. The van der Waals surface area contributed by atoms with E-state index in [1.54, 1.807) is 0 Å². The molecular weight excluding hydrogens is 300 g/mol. The standard InChI is InChI=1S/C20H30O2Si/c1-6-11-18-19(22-16(3)21)15-20(18,14-7-2)23(4,5)17-12-9-8-10-13-17/h8-10,12-13H,6-7,11,14-15H2,1-5H3. The Morgan fingerprint density at radius 3 is 2.35 bits per heavy atom. The van der Waals surface area contributed by atoms with Crippen molar-refractivity contribution in [1.29, 1.82) is 0 Å². The van der Waals surface area contributed by atoms with E-state index in [-0.39, 0.29) is 11.0 Å². The Morgan fingerprint density at radius 1 is 1.17 bits per heavy atom. The maximum atomic E-state index is 11.4. The van der Waals surface area contributed by atoms with Crippen LogP contribution in [0.25, 0.3) is 0 Å². The number of hydrogen-bond acceptors (Lipinski definition) is 2. The Bertz CT molecular complexity index is 589. The van der Waals surface area contributed by atoms with Crippen molar-refractivity contribution in [3.63, 3.8) is 0 Å². The van der Waals surface area contributed by atoms with Crippen LogP contribution in [0, 0.1) is 0 Å². The van der Waals surface area contributed by atoms with Crippen LogP contribution < -0.4 is 5.19 Å². The Hall–Kier alpha value is -1.35. The van der Waals surface area contributed by atoms with Gasteiger partial charge in [-0.25, -0.2) is 0 Å². The molecule has 1 unspecified atom stereocenters. The van der Waals surface area contributed by atoms with Crippen LogP contribution in [-0.2, 0) is 9.53 Å². The molecule has 0 amide bonds. The van der Waals surface area contributed by atoms with Crippen molar-refractivity contribution in [2.24, 2.45) is 0 Å². The van der Waals surface area contributed by atoms with Gasteiger partial charge in [0.25, 0.3) is 0 Å². The van der Waals surface area contributed by atoms with Gasteiger partial charge < -0.3 is 4.74 Å². The Kier molecular flexibility index (Phi) is 5.51. The Morgan fingerprint density at radius 2 is 1.83 bits per heavy atom. The quantitative estimate of drug-likeness (QED) is 0.509. The second-order valence-electron chi connectivity index (χ2n) is 7.25. The van der Waals surface area contributed by atoms with Crippen molar-refractivity contribution >= 4 is 19.2 Å². The van der Waals surface area contributed by atoms with Gasteiger partial charge in [-0.3, -0.25) is 4.79 Å². The lowest BCUT2D eigenvalue weighted by Crippen LogP contribution is -2.57. The van der Waals surface area contributed by atoms with E-state index in [1.165, 1.54) is 30.5 Å². The minimum atomic E-state index is -1.71. The van der Waals surface area contributed by atoms with Gasteiger partial charge >= 0.3 is 5.97 Å². The lowest BCUT2D eigenvalue weighted by atomic mass is 9.76. The number of benzene rings is 1. The summed E-state index contributed by atoms with van der Waals surface area (Å²) >= 11 is 0. The summed E-state index contributed by atoms with van der Waals surface area (Å²) < 4.78 is 5.55. The zero-order valence-electron chi connectivity index (χ0n) is 15.2. The third-order valence-electron chi connectivity index (χ3n) is 5.51. The number of allylic oxidation sites excluding steroid dienone is 2. The monoisotopic (exact) mass is 330 g/mol. The largest absolute Gasteiger partial charge is 0.431 e. The fourth-order valence-corrected chi connectivity index (χ4v) is 8.33. The van der Waals surface area contributed by atoms with Gasteiger partial charge in [-0.2, -0.15) is 0 Å². The van der Waals surface area contributed by atoms with Crippen LogP contribution in [-0.4, -0.2) is 14.0 Å². The smallest absolute Gasteiger partial charge is 0.307 e. The third kappa shape index (κ3) is 3.16. The van der Waals surface area contributed by atoms with Gasteiger partial charge in [0.15, 0.2) is 0 Å². The highest BCUT2D eigenvalue weighted by molar-refractivity contribution is 6.93. The van der Waals surface area contributed by atoms with Crippen LogP contribution in [0.2, 0.25) is 18.1 Å². The van der Waals surface area contributed by atoms with E-state index in [1.807, 2.05) is 0 Å². The zero-order valence-corrected chi connectivity index (χ0v) is 16.2. The molecular formula is C20H30O2Si. The lowest BCUT2D eigenvalue weighted by molar-refractivity contribution is -0.137. The topological polar surface area (TPSA) is 26.3 Å². The summed E-state index contributed by atoms with van der Waals surface area (Å²) in [5, 5.41) is 1.74. The fraction of sp³-hybridized carbons (Fsp3) is 0.550. The molecule has 0 aromatic heterocycles. The molecule has 0 saturated heterocycles. The van der Waals surface area contributed by atoms with Gasteiger partial charge in [-0.15, -0.1) is 0 Å². The molecule has 1 atom stereocenters. The molecule has 0 bridgehead atoms. The van der Waals surface area contributed by atoms with E-state index in [0.29, 0.717) is 0 Å². The van der Waals surface area contributed by atoms with Crippen LogP contribution in [0.1, 0.15) is 52.9 Å². The first-order valence-electron chi connectivity index (χ1n) is 8.85. The number of ether oxygens (including phenoxy) is 1. The molecule has 1 aliphatic carbocycles. The van der Waals surface area contributed by atoms with Crippen LogP contribution in [0.15, 0.2) is 41.7 Å². The van der Waals surface area contributed by atoms with Gasteiger partial charge in [0, 0.05) is 18.4 Å². The van der Waals surface area contributed by atoms with E-state index in [0.717, 1.165) is 25.0 Å². The van der Waals surface area contributed by atoms with Gasteiger partial charge in [0.1, 0.15) is 5.76 Å². The molecule has 0 fully saturated rings. The highest BCUT2D eigenvalue weighted by Gasteiger charge is 2.56. The third-order valence-corrected chi connectivity index (χ3v) is 10.4. The average molecular weight is 331 g/mol. The highest BCUT2D eigenvalue weighted by Crippen LogP contribution is 2.63. The van der Waals surface area contributed by atoms with Gasteiger partial charge in [-0.1, -0.05) is 75.3 Å². The number of rotatable bonds is 7. The molecule has 2 nitrogen and oxygen atoms in total. The molecule has 1 aromatic carbocycles. The van der Waals surface area contributed by atoms with Gasteiger partial charge in [-0.05, 0) is 18.4 Å². The first kappa shape index (κ1) is 18.0. The average Bonchev–Trinajstić information content (AvgIpc) is 2.51. The second kappa shape index (κ2) is 7.04. The molecule has 23 heavy (non-hydrogen) atoms.